The second kappa shape index (κ2) is 12.2. The highest BCUT2D eigenvalue weighted by molar-refractivity contribution is 6.30. The van der Waals surface area contributed by atoms with Crippen molar-refractivity contribution in [3.8, 4) is 0 Å². The van der Waals surface area contributed by atoms with E-state index in [0.717, 1.165) is 36.8 Å². The molecule has 1 aliphatic heterocycles. The fraction of sp³-hybridized carbons (Fsp3) is 0.429. The van der Waals surface area contributed by atoms with Crippen LogP contribution in [0.25, 0.3) is 10.8 Å². The minimum absolute atomic E-state index is 0.00613. The molecule has 3 aromatic rings. The summed E-state index contributed by atoms with van der Waals surface area (Å²) in [5, 5.41) is 0.808. The van der Waals surface area contributed by atoms with Crippen LogP contribution in [0.1, 0.15) is 42.9 Å². The van der Waals surface area contributed by atoms with E-state index in [-0.39, 0.29) is 18.2 Å². The van der Waals surface area contributed by atoms with Crippen LogP contribution in [-0.2, 0) is 33.5 Å². The maximum atomic E-state index is 15.1. The summed E-state index contributed by atoms with van der Waals surface area (Å²) >= 11 is 5.53. The molecule has 1 aliphatic rings. The molecule has 0 bridgehead atoms. The molecule has 0 amide bonds. The standard InChI is InChI=1S/C28H30ClF3O3/c1-2-3-12-33-22-16-34-26(35-17-22)11-6-18-5-10-23-21(13-18)9-8-20(28(23)32)7-4-19-14-24(30)27(29)25(31)15-19/h5,8-10,13-15,22,26H,2-4,6-7,11-12,16-17H2,1H3. The van der Waals surface area contributed by atoms with Gasteiger partial charge in [-0.2, -0.15) is 0 Å². The van der Waals surface area contributed by atoms with Gasteiger partial charge in [0.2, 0.25) is 0 Å². The van der Waals surface area contributed by atoms with Gasteiger partial charge >= 0.3 is 0 Å². The minimum Gasteiger partial charge on any atom is -0.373 e. The summed E-state index contributed by atoms with van der Waals surface area (Å²) in [5.74, 6) is -1.92. The third-order valence-electron chi connectivity index (χ3n) is 6.28. The van der Waals surface area contributed by atoms with Gasteiger partial charge in [0.15, 0.2) is 6.29 Å². The second-order valence-corrected chi connectivity index (χ2v) is 9.33. The van der Waals surface area contributed by atoms with Gasteiger partial charge in [-0.05, 0) is 59.9 Å². The number of rotatable bonds is 10. The summed E-state index contributed by atoms with van der Waals surface area (Å²) in [6, 6.07) is 11.7. The molecule has 0 spiro atoms. The summed E-state index contributed by atoms with van der Waals surface area (Å²) in [6.45, 7) is 3.93. The predicted octanol–water partition coefficient (Wildman–Crippen LogP) is 7.19. The SMILES string of the molecule is CCCCOC1COC(CCc2ccc3c(F)c(CCc4cc(F)c(Cl)c(F)c4)ccc3c2)OC1. The van der Waals surface area contributed by atoms with Crippen LogP contribution in [0.4, 0.5) is 13.2 Å². The lowest BCUT2D eigenvalue weighted by molar-refractivity contribution is -0.227. The van der Waals surface area contributed by atoms with Crippen LogP contribution in [0.2, 0.25) is 5.02 Å². The van der Waals surface area contributed by atoms with Crippen molar-refractivity contribution in [3.63, 3.8) is 0 Å². The zero-order valence-corrected chi connectivity index (χ0v) is 20.6. The molecule has 0 unspecified atom stereocenters. The van der Waals surface area contributed by atoms with E-state index in [0.29, 0.717) is 49.0 Å². The monoisotopic (exact) mass is 506 g/mol. The normalized spacial score (nSPS) is 18.3. The van der Waals surface area contributed by atoms with Crippen molar-refractivity contribution in [3.05, 3.63) is 81.6 Å². The predicted molar refractivity (Wildman–Crippen MR) is 131 cm³/mol. The first kappa shape index (κ1) is 26.0. The quantitative estimate of drug-likeness (QED) is 0.215. The Balaban J connectivity index is 1.32. The molecule has 0 aromatic heterocycles. The van der Waals surface area contributed by atoms with Gasteiger partial charge < -0.3 is 14.2 Å². The summed E-state index contributed by atoms with van der Waals surface area (Å²) in [5.41, 5.74) is 2.01. The third kappa shape index (κ3) is 6.76. The highest BCUT2D eigenvalue weighted by Crippen LogP contribution is 2.26. The molecule has 0 N–H and O–H groups in total. The van der Waals surface area contributed by atoms with E-state index < -0.39 is 16.7 Å². The lowest BCUT2D eigenvalue weighted by Gasteiger charge is -2.29. The van der Waals surface area contributed by atoms with Crippen LogP contribution in [0.15, 0.2) is 42.5 Å². The number of aryl methyl sites for hydroxylation is 3. The molecule has 1 heterocycles. The van der Waals surface area contributed by atoms with Gasteiger partial charge in [-0.25, -0.2) is 13.2 Å². The van der Waals surface area contributed by atoms with E-state index in [1.807, 2.05) is 18.2 Å². The van der Waals surface area contributed by atoms with Gasteiger partial charge in [0.1, 0.15) is 28.6 Å². The maximum Gasteiger partial charge on any atom is 0.158 e. The Morgan fingerprint density at radius 2 is 1.66 bits per heavy atom. The first-order chi connectivity index (χ1) is 16.9. The largest absolute Gasteiger partial charge is 0.373 e. The first-order valence-electron chi connectivity index (χ1n) is 12.1. The number of fused-ring (bicyclic) bond motifs is 1. The van der Waals surface area contributed by atoms with Gasteiger partial charge in [-0.15, -0.1) is 0 Å². The summed E-state index contributed by atoms with van der Waals surface area (Å²) in [7, 11) is 0. The van der Waals surface area contributed by atoms with Gasteiger partial charge in [0.25, 0.3) is 0 Å². The Kier molecular flexibility index (Phi) is 9.06. The van der Waals surface area contributed by atoms with Crippen molar-refractivity contribution in [1.82, 2.24) is 0 Å². The molecule has 4 rings (SSSR count). The first-order valence-corrected chi connectivity index (χ1v) is 12.5. The zero-order chi connectivity index (χ0) is 24.8. The molecule has 0 radical (unpaired) electrons. The van der Waals surface area contributed by atoms with Crippen LogP contribution in [0.5, 0.6) is 0 Å². The van der Waals surface area contributed by atoms with Crippen molar-refractivity contribution in [2.45, 2.75) is 57.8 Å². The Morgan fingerprint density at radius 1 is 0.914 bits per heavy atom. The molecule has 0 saturated carbocycles. The molecule has 3 nitrogen and oxygen atoms in total. The van der Waals surface area contributed by atoms with Crippen molar-refractivity contribution in [1.29, 1.82) is 0 Å². The van der Waals surface area contributed by atoms with Crippen LogP contribution >= 0.6 is 11.6 Å². The fourth-order valence-corrected chi connectivity index (χ4v) is 4.34. The molecule has 0 aliphatic carbocycles. The van der Waals surface area contributed by atoms with Crippen LogP contribution in [-0.4, -0.2) is 32.2 Å². The van der Waals surface area contributed by atoms with Crippen LogP contribution in [0.3, 0.4) is 0 Å². The van der Waals surface area contributed by atoms with Crippen LogP contribution < -0.4 is 0 Å². The van der Waals surface area contributed by atoms with E-state index in [4.69, 9.17) is 25.8 Å². The fourth-order valence-electron chi connectivity index (χ4n) is 4.23. The minimum atomic E-state index is -0.808. The Labute approximate surface area is 209 Å². The van der Waals surface area contributed by atoms with Crippen molar-refractivity contribution < 1.29 is 27.4 Å². The number of unbranched alkanes of at least 4 members (excludes halogenated alkanes) is 1. The topological polar surface area (TPSA) is 27.7 Å². The molecular formula is C28H30ClF3O3. The Bertz CT molecular complexity index is 1120. The maximum absolute atomic E-state index is 15.1. The van der Waals surface area contributed by atoms with Gasteiger partial charge in [-0.3, -0.25) is 0 Å². The smallest absolute Gasteiger partial charge is 0.158 e. The zero-order valence-electron chi connectivity index (χ0n) is 19.8. The number of halogens is 4. The van der Waals surface area contributed by atoms with Gasteiger partial charge in [0, 0.05) is 18.4 Å². The van der Waals surface area contributed by atoms with Gasteiger partial charge in [-0.1, -0.05) is 55.3 Å². The molecule has 188 valence electrons. The Morgan fingerprint density at radius 3 is 2.37 bits per heavy atom. The van der Waals surface area contributed by atoms with E-state index >= 15 is 4.39 Å². The van der Waals surface area contributed by atoms with E-state index in [1.54, 1.807) is 12.1 Å². The lowest BCUT2D eigenvalue weighted by Crippen LogP contribution is -2.37. The summed E-state index contributed by atoms with van der Waals surface area (Å²) in [4.78, 5) is 0. The van der Waals surface area contributed by atoms with E-state index in [1.165, 1.54) is 12.1 Å². The summed E-state index contributed by atoms with van der Waals surface area (Å²) in [6.07, 6.45) is 3.94. The molecule has 3 aromatic carbocycles. The molecule has 1 saturated heterocycles. The third-order valence-corrected chi connectivity index (χ3v) is 6.64. The number of hydrogen-bond donors (Lipinski definition) is 0. The Hall–Kier alpha value is -2.12. The number of ether oxygens (including phenoxy) is 3. The van der Waals surface area contributed by atoms with Crippen molar-refractivity contribution in [2.24, 2.45) is 0 Å². The molecule has 1 fully saturated rings. The molecular weight excluding hydrogens is 477 g/mol. The average Bonchev–Trinajstić information content (AvgIpc) is 2.86. The van der Waals surface area contributed by atoms with Crippen molar-refractivity contribution >= 4 is 22.4 Å². The highest BCUT2D eigenvalue weighted by atomic mass is 35.5. The van der Waals surface area contributed by atoms with Gasteiger partial charge in [0.05, 0.1) is 13.2 Å². The number of benzene rings is 3. The number of hydrogen-bond acceptors (Lipinski definition) is 3. The molecule has 35 heavy (non-hydrogen) atoms. The molecule has 7 heteroatoms. The highest BCUT2D eigenvalue weighted by Gasteiger charge is 2.22. The van der Waals surface area contributed by atoms with E-state index in [2.05, 4.69) is 6.92 Å². The van der Waals surface area contributed by atoms with Crippen molar-refractivity contribution in [2.75, 3.05) is 19.8 Å². The van der Waals surface area contributed by atoms with E-state index in [9.17, 15) is 8.78 Å². The molecule has 0 atom stereocenters. The summed E-state index contributed by atoms with van der Waals surface area (Å²) < 4.78 is 59.8. The average molecular weight is 507 g/mol. The second-order valence-electron chi connectivity index (χ2n) is 8.95. The lowest BCUT2D eigenvalue weighted by atomic mass is 9.98. The van der Waals surface area contributed by atoms with Crippen LogP contribution in [0, 0.1) is 17.5 Å².